The molecule has 1 aliphatic heterocycles. The number of pyridine rings is 1. The van der Waals surface area contributed by atoms with Crippen molar-refractivity contribution >= 4 is 10.0 Å². The van der Waals surface area contributed by atoms with E-state index in [1.165, 1.54) is 7.11 Å². The maximum atomic E-state index is 13.2. The topological polar surface area (TPSA) is 68.7 Å². The van der Waals surface area contributed by atoms with E-state index in [1.54, 1.807) is 30.6 Å². The minimum Gasteiger partial charge on any atom is -0.493 e. The molecular formula is C22H19F3N2O4S. The van der Waals surface area contributed by atoms with Crippen molar-refractivity contribution in [1.29, 1.82) is 0 Å². The molecule has 32 heavy (non-hydrogen) atoms. The molecule has 0 N–H and O–H groups in total. The van der Waals surface area contributed by atoms with E-state index in [9.17, 15) is 21.6 Å². The number of sulfonamides is 1. The Morgan fingerprint density at radius 1 is 1.09 bits per heavy atom. The lowest BCUT2D eigenvalue weighted by molar-refractivity contribution is -0.137. The van der Waals surface area contributed by atoms with Gasteiger partial charge in [-0.2, -0.15) is 17.5 Å². The zero-order valence-corrected chi connectivity index (χ0v) is 17.8. The lowest BCUT2D eigenvalue weighted by atomic mass is 10.0. The normalized spacial score (nSPS) is 14.9. The number of benzene rings is 2. The largest absolute Gasteiger partial charge is 0.493 e. The fraction of sp³-hybridized carbons (Fsp3) is 0.227. The van der Waals surface area contributed by atoms with Crippen molar-refractivity contribution in [1.82, 2.24) is 9.29 Å². The molecule has 0 atom stereocenters. The Bertz CT molecular complexity index is 1230. The molecule has 10 heteroatoms. The Hall–Kier alpha value is -3.11. The molecule has 0 aliphatic carbocycles. The predicted octanol–water partition coefficient (Wildman–Crippen LogP) is 4.36. The van der Waals surface area contributed by atoms with Gasteiger partial charge in [-0.15, -0.1) is 0 Å². The van der Waals surface area contributed by atoms with Crippen LogP contribution in [-0.4, -0.2) is 38.0 Å². The first-order valence-corrected chi connectivity index (χ1v) is 11.1. The Morgan fingerprint density at radius 2 is 1.91 bits per heavy atom. The second-order valence-corrected chi connectivity index (χ2v) is 9.06. The number of hydrogen-bond acceptors (Lipinski definition) is 5. The van der Waals surface area contributed by atoms with Gasteiger partial charge in [-0.05, 0) is 42.0 Å². The number of methoxy groups -OCH3 is 1. The molecule has 1 aromatic heterocycles. The Kier molecular flexibility index (Phi) is 5.83. The monoisotopic (exact) mass is 464 g/mol. The molecule has 3 aromatic rings. The third-order valence-corrected chi connectivity index (χ3v) is 6.92. The summed E-state index contributed by atoms with van der Waals surface area (Å²) in [4.78, 5) is 3.67. The molecule has 0 amide bonds. The number of halogens is 3. The van der Waals surface area contributed by atoms with Crippen LogP contribution in [0.2, 0.25) is 0 Å². The summed E-state index contributed by atoms with van der Waals surface area (Å²) < 4.78 is 78.0. The quantitative estimate of drug-likeness (QED) is 0.574. The van der Waals surface area contributed by atoms with Gasteiger partial charge in [0.1, 0.15) is 6.61 Å². The fourth-order valence-electron chi connectivity index (χ4n) is 3.50. The highest BCUT2D eigenvalue weighted by Gasteiger charge is 2.34. The van der Waals surface area contributed by atoms with E-state index in [0.29, 0.717) is 23.1 Å². The third kappa shape index (κ3) is 4.28. The SMILES string of the molecule is COc1cc(-c2cccnc2)cc2c1OCCN(S(=O)(=O)c1cccc(C(F)(F)F)c1)C2. The van der Waals surface area contributed by atoms with Gasteiger partial charge in [-0.1, -0.05) is 12.1 Å². The lowest BCUT2D eigenvalue weighted by Crippen LogP contribution is -2.32. The Morgan fingerprint density at radius 3 is 2.59 bits per heavy atom. The summed E-state index contributed by atoms with van der Waals surface area (Å²) in [5, 5.41) is 0. The van der Waals surface area contributed by atoms with Gasteiger partial charge in [0.25, 0.3) is 0 Å². The number of nitrogens with zero attached hydrogens (tertiary/aromatic N) is 2. The van der Waals surface area contributed by atoms with Crippen LogP contribution in [0.15, 0.2) is 65.8 Å². The fourth-order valence-corrected chi connectivity index (χ4v) is 4.95. The van der Waals surface area contributed by atoms with E-state index in [1.807, 2.05) is 6.07 Å². The van der Waals surface area contributed by atoms with Crippen LogP contribution < -0.4 is 9.47 Å². The van der Waals surface area contributed by atoms with E-state index in [0.717, 1.165) is 33.6 Å². The van der Waals surface area contributed by atoms with Crippen molar-refractivity contribution in [3.63, 3.8) is 0 Å². The summed E-state index contributed by atoms with van der Waals surface area (Å²) in [5.74, 6) is 0.835. The molecule has 1 aliphatic rings. The highest BCUT2D eigenvalue weighted by atomic mass is 32.2. The van der Waals surface area contributed by atoms with Crippen molar-refractivity contribution in [3.05, 3.63) is 72.1 Å². The standard InChI is InChI=1S/C22H19F3N2O4S/c1-30-20-11-16(15-4-3-7-26-13-15)10-17-14-27(8-9-31-21(17)20)32(28,29)19-6-2-5-18(12-19)22(23,24)25/h2-7,10-13H,8-9,14H2,1H3. The van der Waals surface area contributed by atoms with Gasteiger partial charge in [0.05, 0.1) is 17.6 Å². The molecule has 0 saturated heterocycles. The molecule has 168 valence electrons. The first kappa shape index (κ1) is 22.1. The van der Waals surface area contributed by atoms with Crippen LogP contribution in [0.25, 0.3) is 11.1 Å². The summed E-state index contributed by atoms with van der Waals surface area (Å²) in [6, 6.07) is 10.9. The average Bonchev–Trinajstić information content (AvgIpc) is 3.01. The van der Waals surface area contributed by atoms with Crippen LogP contribution in [0, 0.1) is 0 Å². The maximum Gasteiger partial charge on any atom is 0.416 e. The van der Waals surface area contributed by atoms with Crippen molar-refractivity contribution in [2.24, 2.45) is 0 Å². The van der Waals surface area contributed by atoms with Crippen LogP contribution in [0.3, 0.4) is 0 Å². The molecule has 2 heterocycles. The molecular weight excluding hydrogens is 445 g/mol. The second-order valence-electron chi connectivity index (χ2n) is 7.12. The minimum absolute atomic E-state index is 0.0216. The zero-order chi connectivity index (χ0) is 22.9. The molecule has 0 fully saturated rings. The molecule has 0 spiro atoms. The highest BCUT2D eigenvalue weighted by Crippen LogP contribution is 2.39. The number of fused-ring (bicyclic) bond motifs is 1. The van der Waals surface area contributed by atoms with Crippen molar-refractivity contribution in [2.45, 2.75) is 17.6 Å². The molecule has 0 unspecified atom stereocenters. The first-order valence-electron chi connectivity index (χ1n) is 9.61. The van der Waals surface area contributed by atoms with Gasteiger partial charge in [0, 0.05) is 36.6 Å². The van der Waals surface area contributed by atoms with E-state index >= 15 is 0 Å². The first-order chi connectivity index (χ1) is 15.2. The van der Waals surface area contributed by atoms with Gasteiger partial charge in [-0.3, -0.25) is 4.98 Å². The smallest absolute Gasteiger partial charge is 0.416 e. The number of rotatable bonds is 4. The zero-order valence-electron chi connectivity index (χ0n) is 17.0. The molecule has 4 rings (SSSR count). The van der Waals surface area contributed by atoms with Gasteiger partial charge in [0.15, 0.2) is 11.5 Å². The number of alkyl halides is 3. The second kappa shape index (κ2) is 8.44. The highest BCUT2D eigenvalue weighted by molar-refractivity contribution is 7.89. The van der Waals surface area contributed by atoms with Crippen LogP contribution in [0.5, 0.6) is 11.5 Å². The van der Waals surface area contributed by atoms with Gasteiger partial charge in [0.2, 0.25) is 10.0 Å². The summed E-state index contributed by atoms with van der Waals surface area (Å²) >= 11 is 0. The minimum atomic E-state index is -4.65. The summed E-state index contributed by atoms with van der Waals surface area (Å²) in [6.07, 6.45) is -1.35. The number of hydrogen-bond donors (Lipinski definition) is 0. The molecule has 0 bridgehead atoms. The van der Waals surface area contributed by atoms with E-state index in [2.05, 4.69) is 4.98 Å². The molecule has 0 saturated carbocycles. The summed E-state index contributed by atoms with van der Waals surface area (Å²) in [6.45, 7) is -0.0925. The predicted molar refractivity (Wildman–Crippen MR) is 111 cm³/mol. The average molecular weight is 464 g/mol. The Labute approximate surface area is 183 Å². The van der Waals surface area contributed by atoms with Crippen molar-refractivity contribution in [2.75, 3.05) is 20.3 Å². The van der Waals surface area contributed by atoms with Crippen molar-refractivity contribution < 1.29 is 31.1 Å². The van der Waals surface area contributed by atoms with Crippen LogP contribution in [0.1, 0.15) is 11.1 Å². The van der Waals surface area contributed by atoms with E-state index < -0.39 is 26.7 Å². The molecule has 0 radical (unpaired) electrons. The molecule has 2 aromatic carbocycles. The van der Waals surface area contributed by atoms with Gasteiger partial charge >= 0.3 is 6.18 Å². The third-order valence-electron chi connectivity index (χ3n) is 5.08. The van der Waals surface area contributed by atoms with E-state index in [-0.39, 0.29) is 19.7 Å². The van der Waals surface area contributed by atoms with Gasteiger partial charge < -0.3 is 9.47 Å². The number of ether oxygens (including phenoxy) is 2. The molecule has 6 nitrogen and oxygen atoms in total. The van der Waals surface area contributed by atoms with Crippen LogP contribution in [-0.2, 0) is 22.7 Å². The van der Waals surface area contributed by atoms with Gasteiger partial charge in [-0.25, -0.2) is 8.42 Å². The van der Waals surface area contributed by atoms with E-state index in [4.69, 9.17) is 9.47 Å². The van der Waals surface area contributed by atoms with Crippen LogP contribution in [0.4, 0.5) is 13.2 Å². The number of aromatic nitrogens is 1. The summed E-state index contributed by atoms with van der Waals surface area (Å²) in [5.41, 5.74) is 1.06. The lowest BCUT2D eigenvalue weighted by Gasteiger charge is -2.20. The maximum absolute atomic E-state index is 13.2. The van der Waals surface area contributed by atoms with Crippen LogP contribution >= 0.6 is 0 Å². The Balaban J connectivity index is 1.75. The summed E-state index contributed by atoms with van der Waals surface area (Å²) in [7, 11) is -2.73. The van der Waals surface area contributed by atoms with Crippen molar-refractivity contribution in [3.8, 4) is 22.6 Å².